The van der Waals surface area contributed by atoms with Gasteiger partial charge in [0, 0.05) is 12.8 Å². The molecule has 3 rings (SSSR count). The maximum absolute atomic E-state index is 12.9. The van der Waals surface area contributed by atoms with Gasteiger partial charge in [-0.1, -0.05) is 72.8 Å². The van der Waals surface area contributed by atoms with Crippen molar-refractivity contribution < 1.29 is 19.1 Å². The largest absolute Gasteiger partial charge is 0.465 e. The first kappa shape index (κ1) is 26.6. The van der Waals surface area contributed by atoms with E-state index >= 15 is 0 Å². The van der Waals surface area contributed by atoms with Crippen LogP contribution in [0.1, 0.15) is 47.3 Å². The maximum Gasteiger partial charge on any atom is 0.306 e. The third-order valence-electron chi connectivity index (χ3n) is 5.37. The predicted octanol–water partition coefficient (Wildman–Crippen LogP) is 4.56. The Morgan fingerprint density at radius 3 is 2.22 bits per heavy atom. The van der Waals surface area contributed by atoms with Gasteiger partial charge in [-0.05, 0) is 42.4 Å². The van der Waals surface area contributed by atoms with Crippen LogP contribution in [0.25, 0.3) is 0 Å². The quantitative estimate of drug-likeness (QED) is 0.277. The number of thiocarbonyl (C=S) groups is 1. The Morgan fingerprint density at radius 2 is 1.50 bits per heavy atom. The van der Waals surface area contributed by atoms with Crippen LogP contribution in [0.4, 0.5) is 5.69 Å². The van der Waals surface area contributed by atoms with Crippen LogP contribution >= 0.6 is 12.2 Å². The molecule has 0 aromatic heterocycles. The van der Waals surface area contributed by atoms with Crippen molar-refractivity contribution >= 4 is 40.8 Å². The lowest BCUT2D eigenvalue weighted by Gasteiger charge is -2.17. The number of rotatable bonds is 10. The minimum absolute atomic E-state index is 0.0359. The van der Waals surface area contributed by atoms with E-state index in [1.165, 1.54) is 0 Å². The minimum atomic E-state index is -0.450. The number of carbonyl (C=O) groups is 3. The molecule has 3 aromatic rings. The second-order valence-corrected chi connectivity index (χ2v) is 8.52. The zero-order chi connectivity index (χ0) is 25.8. The summed E-state index contributed by atoms with van der Waals surface area (Å²) < 4.78 is 5.19. The first-order chi connectivity index (χ1) is 17.4. The lowest BCUT2D eigenvalue weighted by Crippen LogP contribution is -2.35. The number of esters is 1. The van der Waals surface area contributed by atoms with Crippen molar-refractivity contribution in [1.82, 2.24) is 10.6 Å². The Labute approximate surface area is 216 Å². The van der Waals surface area contributed by atoms with E-state index in [4.69, 9.17) is 17.0 Å². The number of ether oxygens (including phenoxy) is 1. The van der Waals surface area contributed by atoms with E-state index in [0.29, 0.717) is 17.7 Å². The molecule has 0 fully saturated rings. The summed E-state index contributed by atoms with van der Waals surface area (Å²) in [5.41, 5.74) is 2.90. The van der Waals surface area contributed by atoms with Crippen molar-refractivity contribution in [2.24, 2.45) is 0 Å². The van der Waals surface area contributed by atoms with Gasteiger partial charge in [-0.2, -0.15) is 0 Å². The number of nitrogens with one attached hydrogen (secondary N) is 3. The molecule has 0 saturated heterocycles. The Morgan fingerprint density at radius 1 is 0.861 bits per heavy atom. The highest BCUT2D eigenvalue weighted by atomic mass is 32.1. The third-order valence-corrected chi connectivity index (χ3v) is 5.58. The highest BCUT2D eigenvalue weighted by Crippen LogP contribution is 2.18. The molecule has 0 saturated carbocycles. The fourth-order valence-corrected chi connectivity index (χ4v) is 3.67. The molecule has 8 heteroatoms. The topological polar surface area (TPSA) is 96.5 Å². The molecule has 36 heavy (non-hydrogen) atoms. The smallest absolute Gasteiger partial charge is 0.306 e. The number of hydrogen-bond acceptors (Lipinski definition) is 5. The monoisotopic (exact) mass is 503 g/mol. The molecule has 3 aromatic carbocycles. The maximum atomic E-state index is 12.9. The summed E-state index contributed by atoms with van der Waals surface area (Å²) in [7, 11) is 0. The van der Waals surface area contributed by atoms with Crippen LogP contribution in [0.3, 0.4) is 0 Å². The van der Waals surface area contributed by atoms with Gasteiger partial charge in [-0.25, -0.2) is 0 Å². The summed E-state index contributed by atoms with van der Waals surface area (Å²) in [6, 6.07) is 26.0. The Kier molecular flexibility index (Phi) is 10.1. The van der Waals surface area contributed by atoms with Gasteiger partial charge in [-0.3, -0.25) is 14.4 Å². The van der Waals surface area contributed by atoms with Crippen molar-refractivity contribution in [1.29, 1.82) is 0 Å². The van der Waals surface area contributed by atoms with Gasteiger partial charge in [0.15, 0.2) is 5.11 Å². The minimum Gasteiger partial charge on any atom is -0.465 e. The van der Waals surface area contributed by atoms with E-state index in [1.54, 1.807) is 24.3 Å². The van der Waals surface area contributed by atoms with E-state index in [9.17, 15) is 14.4 Å². The van der Waals surface area contributed by atoms with Crippen LogP contribution in [-0.2, 0) is 20.7 Å². The van der Waals surface area contributed by atoms with E-state index in [-0.39, 0.29) is 36.5 Å². The average molecular weight is 504 g/mol. The number of para-hydroxylation sites is 1. The molecule has 7 nitrogen and oxygen atoms in total. The standard InChI is InChI=1S/C28H29N3O4S/c1-20(22-12-6-3-7-13-22)29-27(34)23-14-8-9-15-24(23)30-28(36)31-25(32)16-17-26(33)35-19-18-21-10-4-2-5-11-21/h2-15,20H,16-19H2,1H3,(H,29,34)(H2,30,31,32,36). The van der Waals surface area contributed by atoms with Crippen LogP contribution in [-0.4, -0.2) is 29.5 Å². The Hall–Kier alpha value is -4.04. The van der Waals surface area contributed by atoms with Crippen molar-refractivity contribution in [3.8, 4) is 0 Å². The van der Waals surface area contributed by atoms with Gasteiger partial charge in [-0.15, -0.1) is 0 Å². The number of benzene rings is 3. The molecule has 2 amide bonds. The van der Waals surface area contributed by atoms with Gasteiger partial charge in [0.1, 0.15) is 0 Å². The summed E-state index contributed by atoms with van der Waals surface area (Å²) in [6.07, 6.45) is 0.492. The SMILES string of the molecule is CC(NC(=O)c1ccccc1NC(=S)NC(=O)CCC(=O)OCCc1ccccc1)c1ccccc1. The summed E-state index contributed by atoms with van der Waals surface area (Å²) >= 11 is 5.24. The zero-order valence-electron chi connectivity index (χ0n) is 20.0. The fourth-order valence-electron chi connectivity index (χ4n) is 3.45. The van der Waals surface area contributed by atoms with E-state index < -0.39 is 11.9 Å². The molecule has 3 N–H and O–H groups in total. The molecule has 0 heterocycles. The first-order valence-corrected chi connectivity index (χ1v) is 12.1. The van der Waals surface area contributed by atoms with E-state index in [2.05, 4.69) is 16.0 Å². The van der Waals surface area contributed by atoms with Crippen LogP contribution < -0.4 is 16.0 Å². The number of hydrogen-bond donors (Lipinski definition) is 3. The molecule has 186 valence electrons. The summed E-state index contributed by atoms with van der Waals surface area (Å²) in [5.74, 6) is -1.15. The predicted molar refractivity (Wildman–Crippen MR) is 143 cm³/mol. The van der Waals surface area contributed by atoms with Gasteiger partial charge in [0.25, 0.3) is 5.91 Å². The summed E-state index contributed by atoms with van der Waals surface area (Å²) in [6.45, 7) is 2.16. The molecule has 0 spiro atoms. The lowest BCUT2D eigenvalue weighted by atomic mass is 10.1. The first-order valence-electron chi connectivity index (χ1n) is 11.7. The second-order valence-electron chi connectivity index (χ2n) is 8.11. The molecule has 1 unspecified atom stereocenters. The third kappa shape index (κ3) is 8.63. The Bertz CT molecular complexity index is 1190. The van der Waals surface area contributed by atoms with Crippen molar-refractivity contribution in [2.45, 2.75) is 32.2 Å². The number of carbonyl (C=O) groups excluding carboxylic acids is 3. The van der Waals surface area contributed by atoms with Crippen molar-refractivity contribution in [2.75, 3.05) is 11.9 Å². The van der Waals surface area contributed by atoms with Crippen molar-refractivity contribution in [3.63, 3.8) is 0 Å². The second kappa shape index (κ2) is 13.7. The number of anilines is 1. The molecule has 0 aliphatic heterocycles. The van der Waals surface area contributed by atoms with Gasteiger partial charge in [0.05, 0.1) is 30.3 Å². The molecular formula is C28H29N3O4S. The fraction of sp³-hybridized carbons (Fsp3) is 0.214. The van der Waals surface area contributed by atoms with Gasteiger partial charge < -0.3 is 20.7 Å². The average Bonchev–Trinajstić information content (AvgIpc) is 2.89. The molecule has 0 bridgehead atoms. The summed E-state index contributed by atoms with van der Waals surface area (Å²) in [4.78, 5) is 37.0. The lowest BCUT2D eigenvalue weighted by molar-refractivity contribution is -0.144. The zero-order valence-corrected chi connectivity index (χ0v) is 20.8. The van der Waals surface area contributed by atoms with Crippen LogP contribution in [0.15, 0.2) is 84.9 Å². The van der Waals surface area contributed by atoms with Crippen LogP contribution in [0.2, 0.25) is 0 Å². The van der Waals surface area contributed by atoms with E-state index in [0.717, 1.165) is 11.1 Å². The Balaban J connectivity index is 1.44. The van der Waals surface area contributed by atoms with E-state index in [1.807, 2.05) is 67.6 Å². The highest BCUT2D eigenvalue weighted by molar-refractivity contribution is 7.80. The molecule has 0 aliphatic rings. The number of amides is 2. The highest BCUT2D eigenvalue weighted by Gasteiger charge is 2.16. The molecular weight excluding hydrogens is 474 g/mol. The van der Waals surface area contributed by atoms with Crippen molar-refractivity contribution in [3.05, 3.63) is 102 Å². The van der Waals surface area contributed by atoms with Crippen LogP contribution in [0, 0.1) is 0 Å². The van der Waals surface area contributed by atoms with Gasteiger partial charge in [0.2, 0.25) is 5.91 Å². The molecule has 0 aliphatic carbocycles. The van der Waals surface area contributed by atoms with Crippen LogP contribution in [0.5, 0.6) is 0 Å². The molecule has 0 radical (unpaired) electrons. The molecule has 1 atom stereocenters. The van der Waals surface area contributed by atoms with Gasteiger partial charge >= 0.3 is 5.97 Å². The summed E-state index contributed by atoms with van der Waals surface area (Å²) in [5, 5.41) is 8.44. The normalized spacial score (nSPS) is 11.1.